The van der Waals surface area contributed by atoms with Crippen LogP contribution in [0.15, 0.2) is 36.4 Å². The third kappa shape index (κ3) is 6.67. The van der Waals surface area contributed by atoms with Gasteiger partial charge >= 0.3 is 0 Å². The van der Waals surface area contributed by atoms with Gasteiger partial charge in [0, 0.05) is 17.1 Å². The second-order valence-corrected chi connectivity index (χ2v) is 7.77. The van der Waals surface area contributed by atoms with Gasteiger partial charge in [0.1, 0.15) is 11.5 Å². The molecule has 2 nitrogen and oxygen atoms in total. The fourth-order valence-corrected chi connectivity index (χ4v) is 3.11. The molecule has 0 saturated heterocycles. The molecular weight excluding hydrogens is 444 g/mol. The van der Waals surface area contributed by atoms with Crippen molar-refractivity contribution in [3.63, 3.8) is 0 Å². The molecule has 0 unspecified atom stereocenters. The summed E-state index contributed by atoms with van der Waals surface area (Å²) in [5.74, 6) is 1.94. The van der Waals surface area contributed by atoms with Gasteiger partial charge in [0.05, 0.1) is 13.2 Å². The lowest BCUT2D eigenvalue weighted by Crippen LogP contribution is -2.04. The Labute approximate surface area is 168 Å². The molecule has 0 heterocycles. The molecule has 0 N–H and O–H groups in total. The number of benzene rings is 2. The number of aryl methyl sites for hydroxylation is 2. The lowest BCUT2D eigenvalue weighted by Gasteiger charge is -2.15. The van der Waals surface area contributed by atoms with E-state index < -0.39 is 0 Å². The summed E-state index contributed by atoms with van der Waals surface area (Å²) >= 11 is 6.91. The van der Waals surface area contributed by atoms with Gasteiger partial charge in [-0.05, 0) is 49.9 Å². The minimum atomic E-state index is 0.726. The van der Waals surface area contributed by atoms with Crippen LogP contribution >= 0.6 is 31.9 Å². The predicted octanol–water partition coefficient (Wildman–Crippen LogP) is 6.22. The van der Waals surface area contributed by atoms with Gasteiger partial charge in [-0.15, -0.1) is 0 Å². The first-order valence-corrected chi connectivity index (χ1v) is 10.9. The molecule has 0 aliphatic rings. The van der Waals surface area contributed by atoms with Crippen LogP contribution < -0.4 is 9.47 Å². The number of ether oxygens (including phenoxy) is 2. The van der Waals surface area contributed by atoms with Gasteiger partial charge in [-0.25, -0.2) is 0 Å². The van der Waals surface area contributed by atoms with Crippen molar-refractivity contribution in [2.75, 3.05) is 23.9 Å². The van der Waals surface area contributed by atoms with E-state index in [1.165, 1.54) is 22.3 Å². The Morgan fingerprint density at radius 3 is 1.56 bits per heavy atom. The van der Waals surface area contributed by atoms with Crippen LogP contribution in [0.2, 0.25) is 0 Å². The van der Waals surface area contributed by atoms with Crippen molar-refractivity contribution in [1.82, 2.24) is 0 Å². The average molecular weight is 470 g/mol. The van der Waals surface area contributed by atoms with Crippen molar-refractivity contribution in [3.05, 3.63) is 58.7 Å². The third-order valence-electron chi connectivity index (χ3n) is 3.88. The second-order valence-electron chi connectivity index (χ2n) is 6.18. The normalized spacial score (nSPS) is 10.7. The highest BCUT2D eigenvalue weighted by Gasteiger charge is 2.10. The van der Waals surface area contributed by atoms with E-state index in [4.69, 9.17) is 9.47 Å². The molecule has 136 valence electrons. The molecule has 2 rings (SSSR count). The minimum Gasteiger partial charge on any atom is -0.493 e. The van der Waals surface area contributed by atoms with Crippen molar-refractivity contribution in [1.29, 1.82) is 0 Å². The highest BCUT2D eigenvalue weighted by atomic mass is 79.9. The SMILES string of the molecule is Cc1ccc(OCCCBr)c(Cc2cc(C)ccc2OCCCBr)c1. The van der Waals surface area contributed by atoms with Crippen molar-refractivity contribution in [2.24, 2.45) is 0 Å². The van der Waals surface area contributed by atoms with E-state index in [0.29, 0.717) is 0 Å². The molecule has 0 radical (unpaired) electrons. The molecule has 4 heteroatoms. The van der Waals surface area contributed by atoms with Gasteiger partial charge in [0.15, 0.2) is 0 Å². The van der Waals surface area contributed by atoms with Crippen molar-refractivity contribution in [3.8, 4) is 11.5 Å². The van der Waals surface area contributed by atoms with Crippen LogP contribution in [0.25, 0.3) is 0 Å². The summed E-state index contributed by atoms with van der Waals surface area (Å²) in [4.78, 5) is 0. The highest BCUT2D eigenvalue weighted by Crippen LogP contribution is 2.28. The summed E-state index contributed by atoms with van der Waals surface area (Å²) in [6.45, 7) is 5.69. The summed E-state index contributed by atoms with van der Waals surface area (Å²) in [6, 6.07) is 12.8. The molecular formula is C21H26Br2O2. The Kier molecular flexibility index (Phi) is 8.83. The fraction of sp³-hybridized carbons (Fsp3) is 0.429. The Morgan fingerprint density at radius 1 is 0.720 bits per heavy atom. The zero-order valence-corrected chi connectivity index (χ0v) is 18.2. The summed E-state index contributed by atoms with van der Waals surface area (Å²) in [7, 11) is 0. The number of rotatable bonds is 10. The smallest absolute Gasteiger partial charge is 0.122 e. The Hall–Kier alpha value is -1.000. The molecule has 0 aliphatic heterocycles. The van der Waals surface area contributed by atoms with Crippen molar-refractivity contribution >= 4 is 31.9 Å². The number of hydrogen-bond donors (Lipinski definition) is 0. The Morgan fingerprint density at radius 2 is 1.16 bits per heavy atom. The monoisotopic (exact) mass is 468 g/mol. The lowest BCUT2D eigenvalue weighted by atomic mass is 10.00. The van der Waals surface area contributed by atoms with Gasteiger partial charge < -0.3 is 9.47 Å². The maximum atomic E-state index is 6.00. The van der Waals surface area contributed by atoms with Crippen LogP contribution in [0.1, 0.15) is 35.1 Å². The summed E-state index contributed by atoms with van der Waals surface area (Å²) in [5, 5.41) is 1.91. The molecule has 0 amide bonds. The first-order chi connectivity index (χ1) is 12.1. The van der Waals surface area contributed by atoms with Gasteiger partial charge in [-0.2, -0.15) is 0 Å². The minimum absolute atomic E-state index is 0.726. The highest BCUT2D eigenvalue weighted by molar-refractivity contribution is 9.09. The number of hydrogen-bond acceptors (Lipinski definition) is 2. The molecule has 0 saturated carbocycles. The standard InChI is InChI=1S/C21H26Br2O2/c1-16-5-7-20(24-11-3-9-22)18(13-16)15-19-14-17(2)6-8-21(19)25-12-4-10-23/h5-8,13-14H,3-4,9-12,15H2,1-2H3. The number of halogens is 2. The predicted molar refractivity (Wildman–Crippen MR) is 113 cm³/mol. The van der Waals surface area contributed by atoms with E-state index in [1.807, 2.05) is 0 Å². The Bertz CT molecular complexity index is 613. The summed E-state index contributed by atoms with van der Waals surface area (Å²) < 4.78 is 12.0. The topological polar surface area (TPSA) is 18.5 Å². The van der Waals surface area contributed by atoms with E-state index in [-0.39, 0.29) is 0 Å². The van der Waals surface area contributed by atoms with Gasteiger partial charge in [-0.1, -0.05) is 67.3 Å². The fourth-order valence-electron chi connectivity index (χ4n) is 2.65. The van der Waals surface area contributed by atoms with E-state index in [9.17, 15) is 0 Å². The molecule has 0 bridgehead atoms. The maximum Gasteiger partial charge on any atom is 0.122 e. The first-order valence-electron chi connectivity index (χ1n) is 8.70. The molecule has 0 atom stereocenters. The third-order valence-corrected chi connectivity index (χ3v) is 5.01. The average Bonchev–Trinajstić information content (AvgIpc) is 2.59. The van der Waals surface area contributed by atoms with Crippen LogP contribution in [0.5, 0.6) is 11.5 Å². The second kappa shape index (κ2) is 10.9. The summed E-state index contributed by atoms with van der Waals surface area (Å²) in [5.41, 5.74) is 4.92. The largest absolute Gasteiger partial charge is 0.493 e. The van der Waals surface area contributed by atoms with Gasteiger partial charge in [-0.3, -0.25) is 0 Å². The van der Waals surface area contributed by atoms with E-state index in [1.54, 1.807) is 0 Å². The zero-order valence-electron chi connectivity index (χ0n) is 15.0. The van der Waals surface area contributed by atoms with Gasteiger partial charge in [0.25, 0.3) is 0 Å². The molecule has 25 heavy (non-hydrogen) atoms. The molecule has 0 aliphatic carbocycles. The maximum absolute atomic E-state index is 6.00. The van der Waals surface area contributed by atoms with Crippen LogP contribution in [-0.4, -0.2) is 23.9 Å². The zero-order chi connectivity index (χ0) is 18.1. The van der Waals surface area contributed by atoms with Crippen LogP contribution in [0.3, 0.4) is 0 Å². The first kappa shape index (κ1) is 20.3. The Balaban J connectivity index is 2.22. The lowest BCUT2D eigenvalue weighted by molar-refractivity contribution is 0.312. The van der Waals surface area contributed by atoms with Crippen molar-refractivity contribution in [2.45, 2.75) is 33.1 Å². The van der Waals surface area contributed by atoms with Crippen LogP contribution in [0.4, 0.5) is 0 Å². The van der Waals surface area contributed by atoms with Crippen molar-refractivity contribution < 1.29 is 9.47 Å². The molecule has 2 aromatic rings. The number of alkyl halides is 2. The van der Waals surface area contributed by atoms with E-state index >= 15 is 0 Å². The molecule has 0 spiro atoms. The quantitative estimate of drug-likeness (QED) is 0.303. The van der Waals surface area contributed by atoms with Crippen LogP contribution in [0, 0.1) is 13.8 Å². The molecule has 0 aromatic heterocycles. The van der Waals surface area contributed by atoms with E-state index in [2.05, 4.69) is 82.1 Å². The van der Waals surface area contributed by atoms with E-state index in [0.717, 1.165) is 54.6 Å². The molecule has 0 fully saturated rings. The van der Waals surface area contributed by atoms with Gasteiger partial charge in [0.2, 0.25) is 0 Å². The van der Waals surface area contributed by atoms with Crippen LogP contribution in [-0.2, 0) is 6.42 Å². The summed E-state index contributed by atoms with van der Waals surface area (Å²) in [6.07, 6.45) is 2.81. The molecule has 2 aromatic carbocycles.